The number of halogens is 3. The molecule has 3 aromatic rings. The first-order valence-corrected chi connectivity index (χ1v) is 9.30. The Balaban J connectivity index is 1.78. The molecule has 1 aliphatic rings. The molecule has 1 aromatic heterocycles. The number of ether oxygens (including phenoxy) is 1. The Morgan fingerprint density at radius 3 is 2.37 bits per heavy atom. The quantitative estimate of drug-likeness (QED) is 0.684. The number of carbonyl (C=O) groups excluding carboxylic acids is 1. The lowest BCUT2D eigenvalue weighted by Crippen LogP contribution is -2.36. The molecule has 1 amide bonds. The van der Waals surface area contributed by atoms with Crippen molar-refractivity contribution in [3.8, 4) is 22.7 Å². The number of para-hydroxylation sites is 1. The highest BCUT2D eigenvalue weighted by atomic mass is 19.4. The number of hydrogen-bond acceptors (Lipinski definition) is 5. The average molecular weight is 417 g/mol. The molecule has 0 radical (unpaired) electrons. The van der Waals surface area contributed by atoms with Crippen LogP contribution in [0.15, 0.2) is 59.0 Å². The van der Waals surface area contributed by atoms with Gasteiger partial charge >= 0.3 is 12.1 Å². The van der Waals surface area contributed by atoms with Crippen molar-refractivity contribution in [3.63, 3.8) is 0 Å². The van der Waals surface area contributed by atoms with Crippen LogP contribution in [0.2, 0.25) is 0 Å². The number of amides is 1. The normalized spacial score (nSPS) is 14.6. The lowest BCUT2D eigenvalue weighted by atomic mass is 10.1. The molecular weight excluding hydrogens is 399 g/mol. The van der Waals surface area contributed by atoms with Crippen LogP contribution in [0.4, 0.5) is 24.7 Å². The summed E-state index contributed by atoms with van der Waals surface area (Å²) in [5, 5.41) is 1.81. The van der Waals surface area contributed by atoms with Crippen molar-refractivity contribution in [2.75, 3.05) is 36.5 Å². The molecular formula is C21H18F3N3O3. The van der Waals surface area contributed by atoms with Gasteiger partial charge in [-0.25, -0.2) is 4.98 Å². The minimum absolute atomic E-state index is 0.119. The number of rotatable bonds is 4. The van der Waals surface area contributed by atoms with E-state index in [0.717, 1.165) is 5.69 Å². The molecule has 0 aliphatic carbocycles. The summed E-state index contributed by atoms with van der Waals surface area (Å²) in [6.07, 6.45) is -5.05. The van der Waals surface area contributed by atoms with E-state index in [1.807, 2.05) is 17.4 Å². The average Bonchev–Trinajstić information content (AvgIpc) is 3.18. The third-order valence-corrected chi connectivity index (χ3v) is 4.65. The zero-order chi connectivity index (χ0) is 21.1. The summed E-state index contributed by atoms with van der Waals surface area (Å²) in [5.74, 6) is -2.35. The first-order chi connectivity index (χ1) is 14.4. The Labute approximate surface area is 170 Å². The van der Waals surface area contributed by atoms with Crippen molar-refractivity contribution < 1.29 is 27.1 Å². The van der Waals surface area contributed by atoms with Gasteiger partial charge in [0.25, 0.3) is 0 Å². The number of carbonyl (C=O) groups is 1. The predicted molar refractivity (Wildman–Crippen MR) is 105 cm³/mol. The molecule has 0 saturated carbocycles. The molecule has 0 spiro atoms. The highest BCUT2D eigenvalue weighted by Crippen LogP contribution is 2.37. The van der Waals surface area contributed by atoms with Gasteiger partial charge in [0.05, 0.1) is 18.8 Å². The highest BCUT2D eigenvalue weighted by molar-refractivity contribution is 5.96. The van der Waals surface area contributed by atoms with Crippen LogP contribution in [0.5, 0.6) is 0 Å². The number of nitrogens with zero attached hydrogens (tertiary/aromatic N) is 2. The lowest BCUT2D eigenvalue weighted by molar-refractivity contribution is -0.167. The van der Waals surface area contributed by atoms with E-state index in [2.05, 4.69) is 9.88 Å². The number of oxazole rings is 1. The number of alkyl halides is 3. The molecule has 1 aliphatic heterocycles. The highest BCUT2D eigenvalue weighted by Gasteiger charge is 2.40. The smallest absolute Gasteiger partial charge is 0.420 e. The Morgan fingerprint density at radius 2 is 1.67 bits per heavy atom. The fraction of sp³-hybridized carbons (Fsp3) is 0.238. The fourth-order valence-electron chi connectivity index (χ4n) is 3.22. The van der Waals surface area contributed by atoms with Crippen molar-refractivity contribution in [2.45, 2.75) is 6.18 Å². The summed E-state index contributed by atoms with van der Waals surface area (Å²) in [6, 6.07) is 15.9. The molecule has 4 rings (SSSR count). The van der Waals surface area contributed by atoms with Gasteiger partial charge in [-0.2, -0.15) is 13.2 Å². The van der Waals surface area contributed by atoms with E-state index in [-0.39, 0.29) is 17.5 Å². The van der Waals surface area contributed by atoms with Crippen molar-refractivity contribution in [3.05, 3.63) is 54.6 Å². The Morgan fingerprint density at radius 1 is 1.00 bits per heavy atom. The van der Waals surface area contributed by atoms with Crippen molar-refractivity contribution >= 4 is 17.5 Å². The van der Waals surface area contributed by atoms with Gasteiger partial charge in [0, 0.05) is 24.3 Å². The second-order valence-corrected chi connectivity index (χ2v) is 6.63. The third kappa shape index (κ3) is 4.16. The standard InChI is InChI=1S/C21H18F3N3O3/c22-21(23,24)20(28)26-19-17(14-6-2-1-3-7-14)25-18(30-19)15-8-4-5-9-16(15)27-10-12-29-13-11-27/h1-9H,10-13H2,(H,26,28). The molecule has 0 unspecified atom stereocenters. The summed E-state index contributed by atoms with van der Waals surface area (Å²) < 4.78 is 49.5. The molecule has 0 bridgehead atoms. The van der Waals surface area contributed by atoms with Gasteiger partial charge in [-0.1, -0.05) is 42.5 Å². The largest absolute Gasteiger partial charge is 0.471 e. The van der Waals surface area contributed by atoms with Gasteiger partial charge in [0.15, 0.2) is 0 Å². The van der Waals surface area contributed by atoms with Gasteiger partial charge in [-0.3, -0.25) is 10.1 Å². The van der Waals surface area contributed by atoms with E-state index in [1.54, 1.807) is 42.5 Å². The van der Waals surface area contributed by atoms with Crippen LogP contribution < -0.4 is 10.2 Å². The number of anilines is 2. The van der Waals surface area contributed by atoms with Gasteiger partial charge in [0.2, 0.25) is 11.8 Å². The van der Waals surface area contributed by atoms with Crippen LogP contribution in [0.3, 0.4) is 0 Å². The topological polar surface area (TPSA) is 67.6 Å². The lowest BCUT2D eigenvalue weighted by Gasteiger charge is -2.30. The number of nitrogens with one attached hydrogen (secondary N) is 1. The Bertz CT molecular complexity index is 1030. The SMILES string of the molecule is O=C(Nc1oc(-c2ccccc2N2CCOCC2)nc1-c1ccccc1)C(F)(F)F. The second kappa shape index (κ2) is 8.19. The zero-order valence-electron chi connectivity index (χ0n) is 15.8. The predicted octanol–water partition coefficient (Wildman–Crippen LogP) is 4.35. The minimum Gasteiger partial charge on any atom is -0.420 e. The van der Waals surface area contributed by atoms with Crippen LogP contribution in [0.25, 0.3) is 22.7 Å². The van der Waals surface area contributed by atoms with Gasteiger partial charge < -0.3 is 14.1 Å². The first-order valence-electron chi connectivity index (χ1n) is 9.30. The van der Waals surface area contributed by atoms with E-state index in [9.17, 15) is 18.0 Å². The van der Waals surface area contributed by atoms with E-state index in [1.165, 1.54) is 0 Å². The summed E-state index contributed by atoms with van der Waals surface area (Å²) >= 11 is 0. The van der Waals surface area contributed by atoms with E-state index in [4.69, 9.17) is 9.15 Å². The molecule has 0 atom stereocenters. The first kappa shape index (κ1) is 20.0. The van der Waals surface area contributed by atoms with Gasteiger partial charge in [-0.15, -0.1) is 0 Å². The molecule has 1 N–H and O–H groups in total. The molecule has 9 heteroatoms. The summed E-state index contributed by atoms with van der Waals surface area (Å²) in [7, 11) is 0. The molecule has 6 nitrogen and oxygen atoms in total. The van der Waals surface area contributed by atoms with Crippen LogP contribution in [0, 0.1) is 0 Å². The Hall–Kier alpha value is -3.33. The Kier molecular flexibility index (Phi) is 5.45. The maximum Gasteiger partial charge on any atom is 0.471 e. The fourth-order valence-corrected chi connectivity index (χ4v) is 3.22. The molecule has 2 aromatic carbocycles. The summed E-state index contributed by atoms with van der Waals surface area (Å²) in [4.78, 5) is 18.1. The molecule has 30 heavy (non-hydrogen) atoms. The van der Waals surface area contributed by atoms with Crippen LogP contribution in [0.1, 0.15) is 0 Å². The van der Waals surface area contributed by atoms with Crippen LogP contribution in [-0.2, 0) is 9.53 Å². The molecule has 2 heterocycles. The summed E-state index contributed by atoms with van der Waals surface area (Å²) in [5.41, 5.74) is 2.09. The minimum atomic E-state index is -5.05. The maximum atomic E-state index is 12.8. The molecule has 156 valence electrons. The van der Waals surface area contributed by atoms with Crippen LogP contribution in [-0.4, -0.2) is 43.4 Å². The monoisotopic (exact) mass is 417 g/mol. The van der Waals surface area contributed by atoms with E-state index >= 15 is 0 Å². The zero-order valence-corrected chi connectivity index (χ0v) is 15.8. The number of hydrogen-bond donors (Lipinski definition) is 1. The maximum absolute atomic E-state index is 12.8. The van der Waals surface area contributed by atoms with Gasteiger partial charge in [0.1, 0.15) is 5.69 Å². The van der Waals surface area contributed by atoms with Crippen LogP contribution >= 0.6 is 0 Å². The molecule has 1 fully saturated rings. The van der Waals surface area contributed by atoms with E-state index < -0.39 is 12.1 Å². The summed E-state index contributed by atoms with van der Waals surface area (Å²) in [6.45, 7) is 2.48. The second-order valence-electron chi connectivity index (χ2n) is 6.63. The van der Waals surface area contributed by atoms with Gasteiger partial charge in [-0.05, 0) is 12.1 Å². The third-order valence-electron chi connectivity index (χ3n) is 4.65. The number of aromatic nitrogens is 1. The number of morpholine rings is 1. The number of benzene rings is 2. The van der Waals surface area contributed by atoms with Crippen molar-refractivity contribution in [2.24, 2.45) is 0 Å². The molecule has 1 saturated heterocycles. The van der Waals surface area contributed by atoms with E-state index in [0.29, 0.717) is 37.4 Å². The van der Waals surface area contributed by atoms with Crippen molar-refractivity contribution in [1.82, 2.24) is 4.98 Å². The van der Waals surface area contributed by atoms with Crippen molar-refractivity contribution in [1.29, 1.82) is 0 Å².